The van der Waals surface area contributed by atoms with Gasteiger partial charge in [0.1, 0.15) is 5.15 Å². The lowest BCUT2D eigenvalue weighted by Crippen LogP contribution is -2.30. The second kappa shape index (κ2) is 5.86. The SMILES string of the molecule is C[Si](C)(C)COc1ccn(-c2ccc(C(=O)O)c(Cl)n2)n1. The van der Waals surface area contributed by atoms with E-state index in [-0.39, 0.29) is 10.7 Å². The second-order valence-electron chi connectivity index (χ2n) is 5.76. The number of pyridine rings is 1. The highest BCUT2D eigenvalue weighted by Crippen LogP contribution is 2.17. The molecule has 0 aliphatic carbocycles. The number of aromatic carboxylic acids is 1. The van der Waals surface area contributed by atoms with Crippen LogP contribution in [0.25, 0.3) is 5.82 Å². The van der Waals surface area contributed by atoms with Crippen LogP contribution < -0.4 is 4.74 Å². The molecule has 0 bridgehead atoms. The zero-order chi connectivity index (χ0) is 15.6. The number of aromatic nitrogens is 3. The Bertz CT molecular complexity index is 667. The molecule has 2 aromatic heterocycles. The molecule has 6 nitrogen and oxygen atoms in total. The molecule has 112 valence electrons. The minimum Gasteiger partial charge on any atom is -0.480 e. The molecule has 0 amide bonds. The predicted octanol–water partition coefficient (Wildman–Crippen LogP) is 2.88. The topological polar surface area (TPSA) is 77.2 Å². The van der Waals surface area contributed by atoms with Crippen LogP contribution in [0, 0.1) is 0 Å². The number of hydrogen-bond donors (Lipinski definition) is 1. The quantitative estimate of drug-likeness (QED) is 0.675. The number of rotatable bonds is 5. The third-order valence-corrected chi connectivity index (χ3v) is 3.82. The van der Waals surface area contributed by atoms with Gasteiger partial charge in [0.05, 0.1) is 19.9 Å². The second-order valence-corrected chi connectivity index (χ2v) is 11.5. The van der Waals surface area contributed by atoms with Gasteiger partial charge in [0.25, 0.3) is 0 Å². The number of carbonyl (C=O) groups is 1. The highest BCUT2D eigenvalue weighted by molar-refractivity contribution is 6.76. The van der Waals surface area contributed by atoms with Crippen LogP contribution in [-0.4, -0.2) is 40.1 Å². The van der Waals surface area contributed by atoms with Gasteiger partial charge in [0.2, 0.25) is 5.88 Å². The van der Waals surface area contributed by atoms with Gasteiger partial charge >= 0.3 is 5.97 Å². The van der Waals surface area contributed by atoms with Gasteiger partial charge < -0.3 is 9.84 Å². The highest BCUT2D eigenvalue weighted by Gasteiger charge is 2.16. The first-order chi connectivity index (χ1) is 9.76. The van der Waals surface area contributed by atoms with E-state index in [9.17, 15) is 4.79 Å². The van der Waals surface area contributed by atoms with E-state index >= 15 is 0 Å². The Morgan fingerprint density at radius 1 is 1.38 bits per heavy atom. The van der Waals surface area contributed by atoms with Gasteiger partial charge in [-0.2, -0.15) is 0 Å². The van der Waals surface area contributed by atoms with Crippen LogP contribution in [-0.2, 0) is 0 Å². The number of carboxylic acids is 1. The zero-order valence-corrected chi connectivity index (χ0v) is 13.8. The number of halogens is 1. The van der Waals surface area contributed by atoms with Crippen LogP contribution >= 0.6 is 11.6 Å². The van der Waals surface area contributed by atoms with Crippen molar-refractivity contribution in [1.82, 2.24) is 14.8 Å². The fourth-order valence-corrected chi connectivity index (χ4v) is 2.33. The molecule has 2 aromatic rings. The van der Waals surface area contributed by atoms with Gasteiger partial charge in [0, 0.05) is 12.3 Å². The molecule has 0 aliphatic heterocycles. The van der Waals surface area contributed by atoms with Crippen molar-refractivity contribution >= 4 is 25.6 Å². The molecule has 21 heavy (non-hydrogen) atoms. The van der Waals surface area contributed by atoms with Crippen molar-refractivity contribution in [3.8, 4) is 11.7 Å². The molecule has 0 aliphatic rings. The van der Waals surface area contributed by atoms with E-state index in [1.165, 1.54) is 10.7 Å². The Kier molecular flexibility index (Phi) is 4.34. The number of carboxylic acid groups (broad SMARTS) is 1. The lowest BCUT2D eigenvalue weighted by molar-refractivity contribution is 0.0696. The first-order valence-electron chi connectivity index (χ1n) is 6.35. The Morgan fingerprint density at radius 3 is 2.67 bits per heavy atom. The maximum absolute atomic E-state index is 10.9. The monoisotopic (exact) mass is 325 g/mol. The molecule has 0 fully saturated rings. The lowest BCUT2D eigenvalue weighted by Gasteiger charge is -2.14. The molecule has 2 heterocycles. The summed E-state index contributed by atoms with van der Waals surface area (Å²) >= 11 is 5.84. The van der Waals surface area contributed by atoms with E-state index in [0.717, 1.165) is 0 Å². The average Bonchev–Trinajstić information content (AvgIpc) is 2.83. The summed E-state index contributed by atoms with van der Waals surface area (Å²) in [5, 5.41) is 13.1. The van der Waals surface area contributed by atoms with Crippen LogP contribution in [0.1, 0.15) is 10.4 Å². The summed E-state index contributed by atoms with van der Waals surface area (Å²) in [6.45, 7) is 6.61. The third-order valence-electron chi connectivity index (χ3n) is 2.52. The van der Waals surface area contributed by atoms with Crippen LogP contribution in [0.2, 0.25) is 24.8 Å². The molecule has 0 radical (unpaired) electrons. The molecular weight excluding hydrogens is 310 g/mol. The van der Waals surface area contributed by atoms with Gasteiger partial charge in [0.15, 0.2) is 5.82 Å². The Morgan fingerprint density at radius 2 is 2.10 bits per heavy atom. The average molecular weight is 326 g/mol. The van der Waals surface area contributed by atoms with Gasteiger partial charge in [-0.1, -0.05) is 31.2 Å². The number of hydrogen-bond acceptors (Lipinski definition) is 4. The van der Waals surface area contributed by atoms with Gasteiger partial charge in [-0.05, 0) is 12.1 Å². The standard InChI is InChI=1S/C13H16ClN3O3Si/c1-21(2,3)8-20-11-6-7-17(16-11)10-5-4-9(13(18)19)12(14)15-10/h4-7H,8H2,1-3H3,(H,18,19). The number of nitrogens with zero attached hydrogens (tertiary/aromatic N) is 3. The molecule has 2 rings (SSSR count). The van der Waals surface area contributed by atoms with E-state index < -0.39 is 14.0 Å². The third kappa shape index (κ3) is 4.05. The fraction of sp³-hybridized carbons (Fsp3) is 0.308. The molecule has 0 atom stereocenters. The molecule has 0 saturated heterocycles. The molecule has 0 saturated carbocycles. The van der Waals surface area contributed by atoms with Crippen molar-refractivity contribution in [2.24, 2.45) is 0 Å². The lowest BCUT2D eigenvalue weighted by atomic mass is 10.3. The van der Waals surface area contributed by atoms with Crippen molar-refractivity contribution in [2.75, 3.05) is 6.23 Å². The van der Waals surface area contributed by atoms with Crippen molar-refractivity contribution < 1.29 is 14.6 Å². The Hall–Kier alpha value is -1.86. The summed E-state index contributed by atoms with van der Waals surface area (Å²) in [6, 6.07) is 4.68. The van der Waals surface area contributed by atoms with Crippen molar-refractivity contribution in [2.45, 2.75) is 19.6 Å². The Labute approximate surface area is 128 Å². The van der Waals surface area contributed by atoms with E-state index in [1.807, 2.05) is 0 Å². The summed E-state index contributed by atoms with van der Waals surface area (Å²) in [6.07, 6.45) is 2.37. The molecule has 8 heteroatoms. The maximum atomic E-state index is 10.9. The van der Waals surface area contributed by atoms with E-state index in [0.29, 0.717) is 17.9 Å². The number of ether oxygens (including phenoxy) is 1. The van der Waals surface area contributed by atoms with Crippen LogP contribution in [0.5, 0.6) is 5.88 Å². The minimum atomic E-state index is -1.31. The first kappa shape index (κ1) is 15.5. The summed E-state index contributed by atoms with van der Waals surface area (Å²) in [7, 11) is -1.31. The molecule has 0 aromatic carbocycles. The largest absolute Gasteiger partial charge is 0.480 e. The molecule has 1 N–H and O–H groups in total. The summed E-state index contributed by atoms with van der Waals surface area (Å²) in [5.41, 5.74) is -0.0391. The summed E-state index contributed by atoms with van der Waals surface area (Å²) in [4.78, 5) is 14.9. The smallest absolute Gasteiger partial charge is 0.338 e. The van der Waals surface area contributed by atoms with Gasteiger partial charge in [-0.25, -0.2) is 14.5 Å². The maximum Gasteiger partial charge on any atom is 0.338 e. The minimum absolute atomic E-state index is 0.0391. The van der Waals surface area contributed by atoms with Crippen molar-refractivity contribution in [1.29, 1.82) is 0 Å². The normalized spacial score (nSPS) is 11.4. The molecule has 0 spiro atoms. The van der Waals surface area contributed by atoms with Crippen LogP contribution in [0.3, 0.4) is 0 Å². The summed E-state index contributed by atoms with van der Waals surface area (Å²) in [5.74, 6) is -0.163. The highest BCUT2D eigenvalue weighted by atomic mass is 35.5. The first-order valence-corrected chi connectivity index (χ1v) is 10.4. The summed E-state index contributed by atoms with van der Waals surface area (Å²) < 4.78 is 7.14. The van der Waals surface area contributed by atoms with E-state index in [4.69, 9.17) is 21.4 Å². The molecular formula is C13H16ClN3O3Si. The van der Waals surface area contributed by atoms with Crippen molar-refractivity contribution in [3.05, 3.63) is 35.1 Å². The van der Waals surface area contributed by atoms with Crippen molar-refractivity contribution in [3.63, 3.8) is 0 Å². The van der Waals surface area contributed by atoms with Gasteiger partial charge in [-0.3, -0.25) is 0 Å². The van der Waals surface area contributed by atoms with Crippen LogP contribution in [0.4, 0.5) is 0 Å². The van der Waals surface area contributed by atoms with E-state index in [1.54, 1.807) is 18.3 Å². The Balaban J connectivity index is 2.18. The van der Waals surface area contributed by atoms with Crippen LogP contribution in [0.15, 0.2) is 24.4 Å². The molecule has 0 unspecified atom stereocenters. The van der Waals surface area contributed by atoms with E-state index in [2.05, 4.69) is 29.7 Å². The van der Waals surface area contributed by atoms with Gasteiger partial charge in [-0.15, -0.1) is 5.10 Å². The zero-order valence-electron chi connectivity index (χ0n) is 12.0. The fourth-order valence-electron chi connectivity index (χ4n) is 1.51. The predicted molar refractivity (Wildman–Crippen MR) is 82.2 cm³/mol.